The monoisotopic (exact) mass is 279 g/mol. The minimum Gasteiger partial charge on any atom is -0.456 e. The lowest BCUT2D eigenvalue weighted by Crippen LogP contribution is -1.98. The molecule has 0 amide bonds. The molecule has 3 rings (SSSR count). The van der Waals surface area contributed by atoms with Gasteiger partial charge in [-0.3, -0.25) is 4.98 Å². The highest BCUT2D eigenvalue weighted by Crippen LogP contribution is 2.33. The van der Waals surface area contributed by atoms with Crippen LogP contribution in [-0.2, 0) is 0 Å². The molecule has 106 valence electrons. The Hall–Kier alpha value is -2.39. The Kier molecular flexibility index (Phi) is 3.84. The summed E-state index contributed by atoms with van der Waals surface area (Å²) < 4.78 is 6.05. The summed E-state index contributed by atoms with van der Waals surface area (Å²) in [5, 5.41) is 11.1. The number of rotatable bonds is 4. The fourth-order valence-corrected chi connectivity index (χ4v) is 2.35. The summed E-state index contributed by atoms with van der Waals surface area (Å²) in [5.74, 6) is 1.43. The van der Waals surface area contributed by atoms with E-state index < -0.39 is 6.10 Å². The van der Waals surface area contributed by atoms with Crippen molar-refractivity contribution in [1.82, 2.24) is 4.98 Å². The van der Waals surface area contributed by atoms with Gasteiger partial charge in [0.15, 0.2) is 0 Å². The summed E-state index contributed by atoms with van der Waals surface area (Å²) >= 11 is 0. The average molecular weight is 279 g/mol. The summed E-state index contributed by atoms with van der Waals surface area (Å²) in [6.07, 6.45) is 1.90. The zero-order chi connectivity index (χ0) is 14.7. The van der Waals surface area contributed by atoms with Crippen molar-refractivity contribution < 1.29 is 9.84 Å². The first-order valence-corrected chi connectivity index (χ1v) is 7.08. The highest BCUT2D eigenvalue weighted by Gasteiger charge is 2.12. The number of hydrogen-bond acceptors (Lipinski definition) is 3. The molecule has 3 aromatic rings. The van der Waals surface area contributed by atoms with Crippen LogP contribution in [0.1, 0.15) is 25.0 Å². The van der Waals surface area contributed by atoms with E-state index in [-0.39, 0.29) is 0 Å². The molecule has 0 radical (unpaired) electrons. The van der Waals surface area contributed by atoms with E-state index in [1.165, 1.54) is 0 Å². The molecule has 1 atom stereocenters. The van der Waals surface area contributed by atoms with Gasteiger partial charge in [0.1, 0.15) is 11.5 Å². The predicted molar refractivity (Wildman–Crippen MR) is 83.5 cm³/mol. The van der Waals surface area contributed by atoms with Crippen LogP contribution >= 0.6 is 0 Å². The Morgan fingerprint density at radius 2 is 1.81 bits per heavy atom. The van der Waals surface area contributed by atoms with Gasteiger partial charge in [0.25, 0.3) is 0 Å². The van der Waals surface area contributed by atoms with E-state index in [0.29, 0.717) is 12.2 Å². The van der Waals surface area contributed by atoms with Crippen molar-refractivity contribution in [3.8, 4) is 11.5 Å². The molecule has 0 fully saturated rings. The molecule has 0 saturated carbocycles. The Labute approximate surface area is 123 Å². The third-order valence-electron chi connectivity index (χ3n) is 3.49. The number of benzene rings is 2. The van der Waals surface area contributed by atoms with Crippen molar-refractivity contribution in [2.24, 2.45) is 0 Å². The highest BCUT2D eigenvalue weighted by atomic mass is 16.5. The van der Waals surface area contributed by atoms with Crippen LogP contribution in [0.2, 0.25) is 0 Å². The smallest absolute Gasteiger partial charge is 0.136 e. The van der Waals surface area contributed by atoms with Crippen LogP contribution in [0.3, 0.4) is 0 Å². The Morgan fingerprint density at radius 1 is 1.00 bits per heavy atom. The first-order valence-electron chi connectivity index (χ1n) is 7.08. The second-order valence-electron chi connectivity index (χ2n) is 4.89. The van der Waals surface area contributed by atoms with Gasteiger partial charge >= 0.3 is 0 Å². The van der Waals surface area contributed by atoms with Gasteiger partial charge in [-0.2, -0.15) is 0 Å². The van der Waals surface area contributed by atoms with Gasteiger partial charge in [0.2, 0.25) is 0 Å². The third kappa shape index (κ3) is 2.73. The van der Waals surface area contributed by atoms with E-state index in [0.717, 1.165) is 22.2 Å². The summed E-state index contributed by atoms with van der Waals surface area (Å²) in [4.78, 5) is 4.33. The molecular formula is C18H17NO2. The van der Waals surface area contributed by atoms with Crippen molar-refractivity contribution in [2.75, 3.05) is 0 Å². The van der Waals surface area contributed by atoms with Crippen LogP contribution in [0.4, 0.5) is 0 Å². The quantitative estimate of drug-likeness (QED) is 0.766. The van der Waals surface area contributed by atoms with Gasteiger partial charge in [-0.25, -0.2) is 0 Å². The lowest BCUT2D eigenvalue weighted by atomic mass is 10.1. The number of aromatic nitrogens is 1. The van der Waals surface area contributed by atoms with E-state index in [1.54, 1.807) is 6.20 Å². The fourth-order valence-electron chi connectivity index (χ4n) is 2.35. The van der Waals surface area contributed by atoms with E-state index in [9.17, 15) is 5.11 Å². The van der Waals surface area contributed by atoms with E-state index in [2.05, 4.69) is 4.98 Å². The summed E-state index contributed by atoms with van der Waals surface area (Å²) in [7, 11) is 0. The maximum Gasteiger partial charge on any atom is 0.136 e. The second kappa shape index (κ2) is 5.94. The number of nitrogens with zero attached hydrogens (tertiary/aromatic N) is 1. The zero-order valence-electron chi connectivity index (χ0n) is 11.9. The molecule has 1 N–H and O–H groups in total. The van der Waals surface area contributed by atoms with Crippen LogP contribution in [0.5, 0.6) is 11.5 Å². The summed E-state index contributed by atoms with van der Waals surface area (Å²) in [6, 6.07) is 17.3. The molecule has 0 bridgehead atoms. The standard InChI is InChI=1S/C18H17NO2/c1-2-16(20)14-7-3-4-10-18(14)21-17-11-5-9-15-13(17)8-6-12-19-15/h3-12,16,20H,2H2,1H3/t16-/m1/s1. The number of para-hydroxylation sites is 1. The molecule has 3 heteroatoms. The zero-order valence-corrected chi connectivity index (χ0v) is 11.9. The van der Waals surface area contributed by atoms with Crippen LogP contribution in [-0.4, -0.2) is 10.1 Å². The average Bonchev–Trinajstić information content (AvgIpc) is 2.55. The number of fused-ring (bicyclic) bond motifs is 1. The molecule has 0 aliphatic heterocycles. The van der Waals surface area contributed by atoms with Crippen molar-refractivity contribution in [3.05, 3.63) is 66.4 Å². The van der Waals surface area contributed by atoms with Gasteiger partial charge in [0.05, 0.1) is 11.6 Å². The van der Waals surface area contributed by atoms with Crippen LogP contribution in [0.25, 0.3) is 10.9 Å². The molecule has 2 aromatic carbocycles. The normalized spacial score (nSPS) is 12.3. The SMILES string of the molecule is CC[C@@H](O)c1ccccc1Oc1cccc2ncccc12. The van der Waals surface area contributed by atoms with Crippen molar-refractivity contribution in [2.45, 2.75) is 19.4 Å². The maximum atomic E-state index is 10.1. The van der Waals surface area contributed by atoms with Crippen LogP contribution < -0.4 is 4.74 Å². The molecule has 21 heavy (non-hydrogen) atoms. The molecule has 0 saturated heterocycles. The molecule has 0 aliphatic carbocycles. The second-order valence-corrected chi connectivity index (χ2v) is 4.89. The van der Waals surface area contributed by atoms with Gasteiger partial charge in [-0.15, -0.1) is 0 Å². The fraction of sp³-hybridized carbons (Fsp3) is 0.167. The maximum absolute atomic E-state index is 10.1. The third-order valence-corrected chi connectivity index (χ3v) is 3.49. The molecule has 1 aromatic heterocycles. The van der Waals surface area contributed by atoms with E-state index >= 15 is 0 Å². The Balaban J connectivity index is 2.03. The predicted octanol–water partition coefficient (Wildman–Crippen LogP) is 4.47. The number of pyridine rings is 1. The highest BCUT2D eigenvalue weighted by molar-refractivity contribution is 5.85. The minimum absolute atomic E-state index is 0.519. The van der Waals surface area contributed by atoms with Crippen molar-refractivity contribution in [3.63, 3.8) is 0 Å². The molecule has 0 unspecified atom stereocenters. The molecule has 1 heterocycles. The molecule has 3 nitrogen and oxygen atoms in total. The summed E-state index contributed by atoms with van der Waals surface area (Å²) in [5.41, 5.74) is 1.70. The Morgan fingerprint density at radius 3 is 2.67 bits per heavy atom. The Bertz CT molecular complexity index is 750. The largest absolute Gasteiger partial charge is 0.456 e. The lowest BCUT2D eigenvalue weighted by Gasteiger charge is -2.15. The minimum atomic E-state index is -0.519. The van der Waals surface area contributed by atoms with Gasteiger partial charge in [-0.1, -0.05) is 31.2 Å². The van der Waals surface area contributed by atoms with Crippen LogP contribution in [0, 0.1) is 0 Å². The first-order chi connectivity index (χ1) is 10.3. The van der Waals surface area contributed by atoms with E-state index in [4.69, 9.17) is 4.74 Å². The number of aliphatic hydroxyl groups is 1. The summed E-state index contributed by atoms with van der Waals surface area (Å²) in [6.45, 7) is 1.95. The molecular weight excluding hydrogens is 262 g/mol. The number of aliphatic hydroxyl groups excluding tert-OH is 1. The van der Waals surface area contributed by atoms with Gasteiger partial charge < -0.3 is 9.84 Å². The topological polar surface area (TPSA) is 42.4 Å². The molecule has 0 aliphatic rings. The van der Waals surface area contributed by atoms with Crippen molar-refractivity contribution in [1.29, 1.82) is 0 Å². The van der Waals surface area contributed by atoms with E-state index in [1.807, 2.05) is 61.5 Å². The van der Waals surface area contributed by atoms with Gasteiger partial charge in [0, 0.05) is 17.1 Å². The number of ether oxygens (including phenoxy) is 1. The number of hydrogen-bond donors (Lipinski definition) is 1. The van der Waals surface area contributed by atoms with Crippen LogP contribution in [0.15, 0.2) is 60.8 Å². The van der Waals surface area contributed by atoms with Crippen molar-refractivity contribution >= 4 is 10.9 Å². The lowest BCUT2D eigenvalue weighted by molar-refractivity contribution is 0.170. The van der Waals surface area contributed by atoms with Gasteiger partial charge in [-0.05, 0) is 36.8 Å². The first kappa shape index (κ1) is 13.6. The molecule has 0 spiro atoms.